The standard InChI is InChI=1S/C10H12N4O/c1-3-11-14-4-2-9(12-10(1)14)13-5-7-15-8-6-13/h1-4H,5-8H2. The van der Waals surface area contributed by atoms with Crippen LogP contribution in [0.5, 0.6) is 0 Å². The van der Waals surface area contributed by atoms with Gasteiger partial charge in [0.05, 0.1) is 19.4 Å². The van der Waals surface area contributed by atoms with E-state index in [9.17, 15) is 0 Å². The summed E-state index contributed by atoms with van der Waals surface area (Å²) in [6, 6.07) is 3.90. The van der Waals surface area contributed by atoms with E-state index in [1.165, 1.54) is 0 Å². The molecule has 0 amide bonds. The summed E-state index contributed by atoms with van der Waals surface area (Å²) in [4.78, 5) is 6.76. The average molecular weight is 204 g/mol. The molecule has 1 aliphatic heterocycles. The van der Waals surface area contributed by atoms with Gasteiger partial charge in [-0.2, -0.15) is 5.10 Å². The second kappa shape index (κ2) is 3.51. The number of fused-ring (bicyclic) bond motifs is 1. The highest BCUT2D eigenvalue weighted by Gasteiger charge is 2.12. The highest BCUT2D eigenvalue weighted by molar-refractivity contribution is 5.47. The molecule has 78 valence electrons. The molecule has 0 aromatic carbocycles. The Bertz CT molecular complexity index is 461. The number of anilines is 1. The van der Waals surface area contributed by atoms with Crippen LogP contribution in [-0.4, -0.2) is 40.9 Å². The van der Waals surface area contributed by atoms with Gasteiger partial charge in [0.25, 0.3) is 0 Å². The van der Waals surface area contributed by atoms with Crippen LogP contribution in [0.1, 0.15) is 0 Å². The molecule has 0 bridgehead atoms. The maximum atomic E-state index is 5.31. The van der Waals surface area contributed by atoms with E-state index < -0.39 is 0 Å². The highest BCUT2D eigenvalue weighted by Crippen LogP contribution is 2.13. The van der Waals surface area contributed by atoms with Crippen LogP contribution >= 0.6 is 0 Å². The minimum atomic E-state index is 0.784. The van der Waals surface area contributed by atoms with Crippen molar-refractivity contribution in [2.24, 2.45) is 0 Å². The van der Waals surface area contributed by atoms with E-state index in [1.807, 2.05) is 18.3 Å². The summed E-state index contributed by atoms with van der Waals surface area (Å²) in [5.41, 5.74) is 0.888. The lowest BCUT2D eigenvalue weighted by Crippen LogP contribution is -2.36. The van der Waals surface area contributed by atoms with Crippen molar-refractivity contribution in [3.63, 3.8) is 0 Å². The normalized spacial score (nSPS) is 17.2. The lowest BCUT2D eigenvalue weighted by atomic mass is 10.4. The van der Waals surface area contributed by atoms with Gasteiger partial charge in [0, 0.05) is 25.4 Å². The second-order valence-corrected chi connectivity index (χ2v) is 3.52. The third-order valence-electron chi connectivity index (χ3n) is 2.58. The van der Waals surface area contributed by atoms with Crippen molar-refractivity contribution < 1.29 is 4.74 Å². The molecule has 1 fully saturated rings. The van der Waals surface area contributed by atoms with Gasteiger partial charge >= 0.3 is 0 Å². The smallest absolute Gasteiger partial charge is 0.157 e. The summed E-state index contributed by atoms with van der Waals surface area (Å²) >= 11 is 0. The molecule has 15 heavy (non-hydrogen) atoms. The van der Waals surface area contributed by atoms with Gasteiger partial charge in [-0.05, 0) is 6.07 Å². The van der Waals surface area contributed by atoms with Crippen molar-refractivity contribution in [2.75, 3.05) is 31.2 Å². The minimum absolute atomic E-state index is 0.784. The van der Waals surface area contributed by atoms with Crippen LogP contribution in [0.4, 0.5) is 5.82 Å². The van der Waals surface area contributed by atoms with Gasteiger partial charge < -0.3 is 9.64 Å². The summed E-state index contributed by atoms with van der Waals surface area (Å²) in [6.07, 6.45) is 3.69. The Morgan fingerprint density at radius 2 is 2.07 bits per heavy atom. The van der Waals surface area contributed by atoms with E-state index in [0.29, 0.717) is 0 Å². The van der Waals surface area contributed by atoms with E-state index in [1.54, 1.807) is 10.7 Å². The number of hydrogen-bond donors (Lipinski definition) is 0. The zero-order chi connectivity index (χ0) is 10.1. The molecule has 0 saturated carbocycles. The molecule has 0 spiro atoms. The first-order chi connectivity index (χ1) is 7.43. The van der Waals surface area contributed by atoms with Crippen LogP contribution in [0.2, 0.25) is 0 Å². The van der Waals surface area contributed by atoms with Crippen LogP contribution in [0, 0.1) is 0 Å². The number of ether oxygens (including phenoxy) is 1. The summed E-state index contributed by atoms with van der Waals surface area (Å²) in [5, 5.41) is 4.12. The van der Waals surface area contributed by atoms with Gasteiger partial charge in [-0.15, -0.1) is 0 Å². The first-order valence-corrected chi connectivity index (χ1v) is 5.06. The van der Waals surface area contributed by atoms with Gasteiger partial charge in [0.15, 0.2) is 5.65 Å². The largest absolute Gasteiger partial charge is 0.378 e. The lowest BCUT2D eigenvalue weighted by Gasteiger charge is -2.27. The average Bonchev–Trinajstić information content (AvgIpc) is 2.77. The van der Waals surface area contributed by atoms with Crippen molar-refractivity contribution >= 4 is 11.5 Å². The number of hydrogen-bond acceptors (Lipinski definition) is 4. The molecule has 3 rings (SSSR count). The maximum absolute atomic E-state index is 5.31. The molecule has 0 N–H and O–H groups in total. The Hall–Kier alpha value is -1.62. The van der Waals surface area contributed by atoms with Crippen LogP contribution in [-0.2, 0) is 4.74 Å². The van der Waals surface area contributed by atoms with Crippen LogP contribution in [0.15, 0.2) is 24.5 Å². The van der Waals surface area contributed by atoms with E-state index in [4.69, 9.17) is 4.74 Å². The van der Waals surface area contributed by atoms with E-state index in [-0.39, 0.29) is 0 Å². The fourth-order valence-electron chi connectivity index (χ4n) is 1.77. The Morgan fingerprint density at radius 1 is 1.20 bits per heavy atom. The molecule has 0 atom stereocenters. The molecular formula is C10H12N4O. The molecule has 0 radical (unpaired) electrons. The summed E-state index contributed by atoms with van der Waals surface area (Å²) in [7, 11) is 0. The minimum Gasteiger partial charge on any atom is -0.378 e. The van der Waals surface area contributed by atoms with Crippen molar-refractivity contribution in [1.82, 2.24) is 14.6 Å². The summed E-state index contributed by atoms with van der Waals surface area (Å²) in [5.74, 6) is 1.01. The predicted octanol–water partition coefficient (Wildman–Crippen LogP) is 0.566. The lowest BCUT2D eigenvalue weighted by molar-refractivity contribution is 0.122. The van der Waals surface area contributed by atoms with Crippen molar-refractivity contribution in [2.45, 2.75) is 0 Å². The number of morpholine rings is 1. The van der Waals surface area contributed by atoms with Gasteiger partial charge in [0.1, 0.15) is 5.82 Å². The monoisotopic (exact) mass is 204 g/mol. The molecule has 1 saturated heterocycles. The SMILES string of the molecule is c1cc2nc(N3CCOCC3)ccn2n1. The fourth-order valence-corrected chi connectivity index (χ4v) is 1.77. The van der Waals surface area contributed by atoms with E-state index in [0.717, 1.165) is 37.8 Å². The molecule has 5 heteroatoms. The Balaban J connectivity index is 1.95. The zero-order valence-electron chi connectivity index (χ0n) is 8.33. The Kier molecular flexibility index (Phi) is 2.03. The quantitative estimate of drug-likeness (QED) is 0.681. The van der Waals surface area contributed by atoms with E-state index in [2.05, 4.69) is 15.0 Å². The van der Waals surface area contributed by atoms with Crippen molar-refractivity contribution in [3.8, 4) is 0 Å². The van der Waals surface area contributed by atoms with Crippen LogP contribution < -0.4 is 4.90 Å². The zero-order valence-corrected chi connectivity index (χ0v) is 8.33. The molecule has 1 aliphatic rings. The van der Waals surface area contributed by atoms with E-state index >= 15 is 0 Å². The van der Waals surface area contributed by atoms with Gasteiger partial charge in [-0.25, -0.2) is 9.50 Å². The highest BCUT2D eigenvalue weighted by atomic mass is 16.5. The summed E-state index contributed by atoms with van der Waals surface area (Å²) < 4.78 is 7.07. The first kappa shape index (κ1) is 8.67. The van der Waals surface area contributed by atoms with Crippen LogP contribution in [0.25, 0.3) is 5.65 Å². The van der Waals surface area contributed by atoms with Gasteiger partial charge in [0.2, 0.25) is 0 Å². The van der Waals surface area contributed by atoms with Crippen molar-refractivity contribution in [3.05, 3.63) is 24.5 Å². The molecule has 5 nitrogen and oxygen atoms in total. The molecule has 2 aromatic heterocycles. The predicted molar refractivity (Wildman–Crippen MR) is 56.0 cm³/mol. The molecule has 0 unspecified atom stereocenters. The van der Waals surface area contributed by atoms with Gasteiger partial charge in [-0.1, -0.05) is 0 Å². The maximum Gasteiger partial charge on any atom is 0.157 e. The fraction of sp³-hybridized carbons (Fsp3) is 0.400. The Labute approximate surface area is 87.3 Å². The van der Waals surface area contributed by atoms with Gasteiger partial charge in [-0.3, -0.25) is 0 Å². The number of nitrogens with zero attached hydrogens (tertiary/aromatic N) is 4. The third kappa shape index (κ3) is 1.55. The molecule has 2 aromatic rings. The number of aromatic nitrogens is 3. The number of rotatable bonds is 1. The van der Waals surface area contributed by atoms with Crippen LogP contribution in [0.3, 0.4) is 0 Å². The Morgan fingerprint density at radius 3 is 2.93 bits per heavy atom. The first-order valence-electron chi connectivity index (χ1n) is 5.06. The second-order valence-electron chi connectivity index (χ2n) is 3.52. The molecular weight excluding hydrogens is 192 g/mol. The molecule has 0 aliphatic carbocycles. The molecule has 3 heterocycles. The summed E-state index contributed by atoms with van der Waals surface area (Å²) in [6.45, 7) is 3.40. The van der Waals surface area contributed by atoms with Crippen molar-refractivity contribution in [1.29, 1.82) is 0 Å². The third-order valence-corrected chi connectivity index (χ3v) is 2.58. The topological polar surface area (TPSA) is 42.7 Å².